The van der Waals surface area contributed by atoms with Crippen molar-refractivity contribution in [3.05, 3.63) is 41.5 Å². The lowest BCUT2D eigenvalue weighted by molar-refractivity contribution is 0.129. The van der Waals surface area contributed by atoms with Gasteiger partial charge in [0.1, 0.15) is 20.0 Å². The molecule has 1 aliphatic rings. The number of hydrogen-bond donors (Lipinski definition) is 0. The van der Waals surface area contributed by atoms with Crippen molar-refractivity contribution in [3.8, 4) is 11.5 Å². The van der Waals surface area contributed by atoms with Crippen LogP contribution in [0.1, 0.15) is 11.3 Å². The number of aryl methyl sites for hydroxylation is 1. The van der Waals surface area contributed by atoms with Gasteiger partial charge in [-0.25, -0.2) is 13.9 Å². The third-order valence-electron chi connectivity index (χ3n) is 3.75. The first kappa shape index (κ1) is 18.1. The van der Waals surface area contributed by atoms with Gasteiger partial charge < -0.3 is 4.74 Å². The lowest BCUT2D eigenvalue weighted by Gasteiger charge is -2.13. The molecule has 1 saturated heterocycles. The zero-order valence-corrected chi connectivity index (χ0v) is 16.3. The number of halogens is 1. The molecule has 136 valence electrons. The van der Waals surface area contributed by atoms with E-state index in [0.29, 0.717) is 24.3 Å². The first-order chi connectivity index (χ1) is 12.2. The quantitative estimate of drug-likeness (QED) is 0.614. The minimum Gasteiger partial charge on any atom is -0.442 e. The van der Waals surface area contributed by atoms with E-state index in [2.05, 4.69) is 41.4 Å². The van der Waals surface area contributed by atoms with E-state index in [1.165, 1.54) is 11.0 Å². The summed E-state index contributed by atoms with van der Waals surface area (Å²) >= 11 is 0. The molecular weight excluding hydrogens is 351 g/mol. The molecule has 0 bridgehead atoms. The predicted octanol–water partition coefficient (Wildman–Crippen LogP) is 2.98. The Hall–Kier alpha value is -2.66. The Morgan fingerprint density at radius 3 is 2.77 bits per heavy atom. The molecule has 2 heterocycles. The monoisotopic (exact) mass is 372 g/mol. The molecule has 3 rings (SSSR count). The van der Waals surface area contributed by atoms with Gasteiger partial charge in [0.15, 0.2) is 0 Å². The largest absolute Gasteiger partial charge is 0.442 e. The zero-order chi connectivity index (χ0) is 18.9. The Kier molecular flexibility index (Phi) is 4.83. The average Bonchev–Trinajstić information content (AvgIpc) is 3.11. The smallest absolute Gasteiger partial charge is 0.414 e. The number of benzene rings is 1. The maximum absolute atomic E-state index is 14.4. The van der Waals surface area contributed by atoms with E-state index in [1.807, 2.05) is 6.92 Å². The van der Waals surface area contributed by atoms with Crippen LogP contribution < -0.4 is 4.90 Å². The highest BCUT2D eigenvalue weighted by molar-refractivity contribution is 6.83. The molecule has 26 heavy (non-hydrogen) atoms. The van der Waals surface area contributed by atoms with Crippen LogP contribution in [0.3, 0.4) is 0 Å². The Bertz CT molecular complexity index is 895. The van der Waals surface area contributed by atoms with Crippen molar-refractivity contribution >= 4 is 19.9 Å². The fourth-order valence-electron chi connectivity index (χ4n) is 2.55. The number of aromatic nitrogens is 3. The van der Waals surface area contributed by atoms with E-state index in [0.717, 1.165) is 5.69 Å². The summed E-state index contributed by atoms with van der Waals surface area (Å²) < 4.78 is 21.4. The highest BCUT2D eigenvalue weighted by atomic mass is 28.3. The predicted molar refractivity (Wildman–Crippen MR) is 99.0 cm³/mol. The number of anilines is 1. The van der Waals surface area contributed by atoms with Gasteiger partial charge in [0.05, 0.1) is 30.0 Å². The van der Waals surface area contributed by atoms with Crippen molar-refractivity contribution in [1.29, 1.82) is 0 Å². The summed E-state index contributed by atoms with van der Waals surface area (Å²) in [6, 6.07) is 4.64. The van der Waals surface area contributed by atoms with Crippen LogP contribution in [-0.4, -0.2) is 41.8 Å². The number of cyclic esters (lactones) is 1. The van der Waals surface area contributed by atoms with Gasteiger partial charge in [-0.2, -0.15) is 0 Å². The van der Waals surface area contributed by atoms with Crippen molar-refractivity contribution in [2.75, 3.05) is 11.4 Å². The third-order valence-corrected chi connectivity index (χ3v) is 4.63. The lowest BCUT2D eigenvalue weighted by atomic mass is 10.2. The molecule has 1 aromatic carbocycles. The zero-order valence-electron chi connectivity index (χ0n) is 15.3. The van der Waals surface area contributed by atoms with Gasteiger partial charge >= 0.3 is 6.09 Å². The Morgan fingerprint density at radius 1 is 1.38 bits per heavy atom. The first-order valence-electron chi connectivity index (χ1n) is 8.39. The van der Waals surface area contributed by atoms with E-state index in [-0.39, 0.29) is 6.10 Å². The molecule has 8 heteroatoms. The number of carbonyl (C=O) groups excluding carboxylic acids is 1. The fraction of sp³-hybridized carbons (Fsp3) is 0.389. The topological polar surface area (TPSA) is 60.2 Å². The van der Waals surface area contributed by atoms with Crippen LogP contribution >= 0.6 is 0 Å². The normalized spacial score (nSPS) is 17.0. The second-order valence-electron chi connectivity index (χ2n) is 7.36. The molecule has 1 fully saturated rings. The summed E-state index contributed by atoms with van der Waals surface area (Å²) in [6.45, 7) is 8.88. The van der Waals surface area contributed by atoms with Crippen LogP contribution in [0.2, 0.25) is 19.6 Å². The lowest BCUT2D eigenvalue weighted by Crippen LogP contribution is -2.26. The highest BCUT2D eigenvalue weighted by Crippen LogP contribution is 2.24. The molecule has 0 aliphatic carbocycles. The van der Waals surface area contributed by atoms with Crippen molar-refractivity contribution in [2.45, 2.75) is 39.2 Å². The number of carbonyl (C=O) groups is 1. The van der Waals surface area contributed by atoms with Crippen molar-refractivity contribution in [2.24, 2.45) is 0 Å². The summed E-state index contributed by atoms with van der Waals surface area (Å²) in [5.41, 5.74) is 4.74. The standard InChI is InChI=1S/C18H21FN4O2Si/c1-13-10-22(21-20-13)11-16-12-23(18(24)25-16)15-6-5-14(17(19)9-15)7-8-26(2,3)4/h5-6,9-10,16H,11-12H2,1-4H3. The highest BCUT2D eigenvalue weighted by Gasteiger charge is 2.33. The summed E-state index contributed by atoms with van der Waals surface area (Å²) in [5.74, 6) is 2.48. The van der Waals surface area contributed by atoms with Gasteiger partial charge in [-0.15, -0.1) is 10.6 Å². The second-order valence-corrected chi connectivity index (χ2v) is 12.1. The molecule has 0 radical (unpaired) electrons. The maximum atomic E-state index is 14.4. The molecule has 2 aromatic rings. The van der Waals surface area contributed by atoms with Gasteiger partial charge in [0.2, 0.25) is 0 Å². The summed E-state index contributed by atoms with van der Waals surface area (Å²) in [4.78, 5) is 13.6. The first-order valence-corrected chi connectivity index (χ1v) is 11.9. The third kappa shape index (κ3) is 4.29. The molecule has 6 nitrogen and oxygen atoms in total. The molecule has 0 spiro atoms. The molecule has 1 atom stereocenters. The van der Waals surface area contributed by atoms with Crippen LogP contribution in [0.4, 0.5) is 14.9 Å². The SMILES string of the molecule is Cc1cn(CC2CN(c3ccc(C#C[Si](C)(C)C)c(F)c3)C(=O)O2)nn1. The summed E-state index contributed by atoms with van der Waals surface area (Å²) in [7, 11) is -1.58. The molecule has 1 aromatic heterocycles. The minimum absolute atomic E-state index is 0.330. The van der Waals surface area contributed by atoms with E-state index in [1.54, 1.807) is 23.0 Å². The van der Waals surface area contributed by atoms with Gasteiger partial charge in [-0.1, -0.05) is 30.8 Å². The number of hydrogen-bond acceptors (Lipinski definition) is 4. The molecule has 1 unspecified atom stereocenters. The molecule has 0 saturated carbocycles. The van der Waals surface area contributed by atoms with E-state index in [9.17, 15) is 9.18 Å². The Balaban J connectivity index is 1.73. The maximum Gasteiger partial charge on any atom is 0.414 e. The van der Waals surface area contributed by atoms with Gasteiger partial charge in [0.25, 0.3) is 0 Å². The van der Waals surface area contributed by atoms with E-state index in [4.69, 9.17) is 4.74 Å². The number of rotatable bonds is 3. The van der Waals surface area contributed by atoms with Crippen molar-refractivity contribution < 1.29 is 13.9 Å². The summed E-state index contributed by atoms with van der Waals surface area (Å²) in [6.07, 6.45) is 0.924. The molecule has 1 aliphatic heterocycles. The Morgan fingerprint density at radius 2 is 2.15 bits per heavy atom. The number of nitrogens with zero attached hydrogens (tertiary/aromatic N) is 4. The van der Waals surface area contributed by atoms with Crippen molar-refractivity contribution in [1.82, 2.24) is 15.0 Å². The molecular formula is C18H21FN4O2Si. The second kappa shape index (κ2) is 6.92. The van der Waals surface area contributed by atoms with Crippen LogP contribution in [0.25, 0.3) is 0 Å². The van der Waals surface area contributed by atoms with Gasteiger partial charge in [0, 0.05) is 6.20 Å². The van der Waals surface area contributed by atoms with Crippen LogP contribution in [0.15, 0.2) is 24.4 Å². The van der Waals surface area contributed by atoms with Gasteiger partial charge in [-0.3, -0.25) is 4.90 Å². The summed E-state index contributed by atoms with van der Waals surface area (Å²) in [5, 5.41) is 7.86. The van der Waals surface area contributed by atoms with E-state index < -0.39 is 20.0 Å². The van der Waals surface area contributed by atoms with Crippen LogP contribution in [0, 0.1) is 24.2 Å². The molecule has 0 N–H and O–H groups in total. The average molecular weight is 372 g/mol. The minimum atomic E-state index is -1.58. The van der Waals surface area contributed by atoms with Crippen LogP contribution in [0.5, 0.6) is 0 Å². The van der Waals surface area contributed by atoms with Gasteiger partial charge in [-0.05, 0) is 25.1 Å². The number of ether oxygens (including phenoxy) is 1. The van der Waals surface area contributed by atoms with Crippen LogP contribution in [-0.2, 0) is 11.3 Å². The van der Waals surface area contributed by atoms with E-state index >= 15 is 0 Å². The fourth-order valence-corrected chi connectivity index (χ4v) is 3.06. The molecule has 1 amide bonds. The number of amides is 1. The Labute approximate surface area is 153 Å². The van der Waals surface area contributed by atoms with Crippen molar-refractivity contribution in [3.63, 3.8) is 0 Å².